The van der Waals surface area contributed by atoms with Crippen LogP contribution in [0.5, 0.6) is 5.75 Å². The van der Waals surface area contributed by atoms with Gasteiger partial charge < -0.3 is 14.8 Å². The van der Waals surface area contributed by atoms with Gasteiger partial charge in [0.1, 0.15) is 12.4 Å². The van der Waals surface area contributed by atoms with Crippen molar-refractivity contribution in [2.45, 2.75) is 20.5 Å². The molecule has 0 atom stereocenters. The lowest BCUT2D eigenvalue weighted by atomic mass is 10.2. The molecular weight excluding hydrogens is 400 g/mol. The Morgan fingerprint density at radius 1 is 1.07 bits per heavy atom. The molecule has 0 aliphatic carbocycles. The molecule has 2 aromatic carbocycles. The number of hydrogen-bond acceptors (Lipinski definition) is 6. The number of benzene rings is 2. The Hall–Kier alpha value is -3.45. The van der Waals surface area contributed by atoms with E-state index in [4.69, 9.17) is 9.47 Å². The van der Waals surface area contributed by atoms with Crippen LogP contribution >= 0.6 is 11.3 Å². The second-order valence-corrected chi connectivity index (χ2v) is 7.63. The maximum atomic E-state index is 11.8. The van der Waals surface area contributed by atoms with Gasteiger partial charge in [0.2, 0.25) is 0 Å². The van der Waals surface area contributed by atoms with Gasteiger partial charge in [0.15, 0.2) is 6.61 Å². The molecule has 1 aromatic heterocycles. The number of rotatable bonds is 8. The van der Waals surface area contributed by atoms with E-state index in [0.717, 1.165) is 21.8 Å². The topological polar surface area (TPSA) is 77.5 Å². The van der Waals surface area contributed by atoms with E-state index in [2.05, 4.69) is 10.3 Å². The van der Waals surface area contributed by atoms with E-state index >= 15 is 0 Å². The Morgan fingerprint density at radius 3 is 2.47 bits per heavy atom. The lowest BCUT2D eigenvalue weighted by Crippen LogP contribution is -2.20. The Balaban J connectivity index is 1.41. The van der Waals surface area contributed by atoms with Crippen molar-refractivity contribution in [1.82, 2.24) is 4.98 Å². The minimum Gasteiger partial charge on any atom is -0.487 e. The summed E-state index contributed by atoms with van der Waals surface area (Å²) < 4.78 is 10.7. The smallest absolute Gasteiger partial charge is 0.331 e. The first kappa shape index (κ1) is 21.3. The molecule has 3 aromatic rings. The standard InChI is InChI=1S/C23H22N2O4S/c1-16-3-8-19(9-4-16)25-22(26)14-29-23(27)12-7-18-5-10-21(11-6-18)28-13-20-15-30-17(2)24-20/h3-12,15H,13-14H2,1-2H3,(H,25,26)/b12-7+. The number of esters is 1. The summed E-state index contributed by atoms with van der Waals surface area (Å²) in [6, 6.07) is 14.7. The highest BCUT2D eigenvalue weighted by atomic mass is 32.1. The molecule has 0 bridgehead atoms. The van der Waals surface area contributed by atoms with Crippen molar-refractivity contribution in [1.29, 1.82) is 0 Å². The molecule has 154 valence electrons. The minimum atomic E-state index is -0.590. The minimum absolute atomic E-state index is 0.347. The van der Waals surface area contributed by atoms with Crippen LogP contribution in [0, 0.1) is 13.8 Å². The van der Waals surface area contributed by atoms with Gasteiger partial charge in [-0.25, -0.2) is 9.78 Å². The first-order valence-electron chi connectivity index (χ1n) is 9.33. The van der Waals surface area contributed by atoms with Crippen LogP contribution in [0.1, 0.15) is 21.8 Å². The molecule has 0 spiro atoms. The lowest BCUT2D eigenvalue weighted by molar-refractivity contribution is -0.142. The van der Waals surface area contributed by atoms with E-state index in [1.54, 1.807) is 29.5 Å². The second kappa shape index (κ2) is 10.4. The summed E-state index contributed by atoms with van der Waals surface area (Å²) in [4.78, 5) is 28.0. The van der Waals surface area contributed by atoms with E-state index in [-0.39, 0.29) is 6.61 Å². The van der Waals surface area contributed by atoms with Gasteiger partial charge in [0.25, 0.3) is 5.91 Å². The molecule has 0 saturated heterocycles. The van der Waals surface area contributed by atoms with Gasteiger partial charge in [-0.2, -0.15) is 0 Å². The summed E-state index contributed by atoms with van der Waals surface area (Å²) in [6.07, 6.45) is 2.90. The third-order valence-corrected chi connectivity index (χ3v) is 4.85. The molecule has 3 rings (SSSR count). The molecule has 0 aliphatic heterocycles. The van der Waals surface area contributed by atoms with Gasteiger partial charge in [0, 0.05) is 17.1 Å². The van der Waals surface area contributed by atoms with Crippen molar-refractivity contribution in [3.8, 4) is 5.75 Å². The number of nitrogens with one attached hydrogen (secondary N) is 1. The molecule has 7 heteroatoms. The fourth-order valence-electron chi connectivity index (χ4n) is 2.49. The van der Waals surface area contributed by atoms with Crippen molar-refractivity contribution in [2.24, 2.45) is 0 Å². The van der Waals surface area contributed by atoms with Crippen LogP contribution in [-0.2, 0) is 20.9 Å². The number of carbonyl (C=O) groups excluding carboxylic acids is 2. The summed E-state index contributed by atoms with van der Waals surface area (Å²) in [5, 5.41) is 5.65. The van der Waals surface area contributed by atoms with Crippen molar-refractivity contribution in [2.75, 3.05) is 11.9 Å². The molecule has 30 heavy (non-hydrogen) atoms. The summed E-state index contributed by atoms with van der Waals surface area (Å²) in [5.41, 5.74) is 3.46. The molecule has 0 saturated carbocycles. The number of aromatic nitrogens is 1. The third-order valence-electron chi connectivity index (χ3n) is 4.03. The Morgan fingerprint density at radius 2 is 1.80 bits per heavy atom. The van der Waals surface area contributed by atoms with E-state index in [1.165, 1.54) is 6.08 Å². The fraction of sp³-hybridized carbons (Fsp3) is 0.174. The highest BCUT2D eigenvalue weighted by molar-refractivity contribution is 7.09. The van der Waals surface area contributed by atoms with Crippen molar-refractivity contribution in [3.05, 3.63) is 81.8 Å². The zero-order valence-electron chi connectivity index (χ0n) is 16.8. The van der Waals surface area contributed by atoms with E-state index < -0.39 is 11.9 Å². The van der Waals surface area contributed by atoms with Crippen LogP contribution < -0.4 is 10.1 Å². The maximum Gasteiger partial charge on any atom is 0.331 e. The highest BCUT2D eigenvalue weighted by Crippen LogP contribution is 2.16. The monoisotopic (exact) mass is 422 g/mol. The number of nitrogens with zero attached hydrogens (tertiary/aromatic N) is 1. The molecule has 1 N–H and O–H groups in total. The fourth-order valence-corrected chi connectivity index (χ4v) is 3.09. The quantitative estimate of drug-likeness (QED) is 0.426. The van der Waals surface area contributed by atoms with Crippen LogP contribution in [0.25, 0.3) is 6.08 Å². The molecule has 0 radical (unpaired) electrons. The Kier molecular flexibility index (Phi) is 7.34. The Bertz CT molecular complexity index is 1020. The van der Waals surface area contributed by atoms with Gasteiger partial charge in [-0.05, 0) is 49.8 Å². The summed E-state index contributed by atoms with van der Waals surface area (Å²) in [7, 11) is 0. The largest absolute Gasteiger partial charge is 0.487 e. The number of anilines is 1. The predicted molar refractivity (Wildman–Crippen MR) is 117 cm³/mol. The summed E-state index contributed by atoms with van der Waals surface area (Å²) in [5.74, 6) is -0.265. The van der Waals surface area contributed by atoms with Crippen molar-refractivity contribution >= 4 is 35.0 Å². The number of thiazole rings is 1. The van der Waals surface area contributed by atoms with Gasteiger partial charge in [-0.15, -0.1) is 11.3 Å². The number of hydrogen-bond donors (Lipinski definition) is 1. The van der Waals surface area contributed by atoms with Gasteiger partial charge in [-0.3, -0.25) is 4.79 Å². The zero-order chi connectivity index (χ0) is 21.3. The number of amides is 1. The average molecular weight is 423 g/mol. The first-order valence-corrected chi connectivity index (χ1v) is 10.2. The second-order valence-electron chi connectivity index (χ2n) is 6.57. The normalized spacial score (nSPS) is 10.7. The molecular formula is C23H22N2O4S. The average Bonchev–Trinajstić information content (AvgIpc) is 3.17. The van der Waals surface area contributed by atoms with Crippen molar-refractivity contribution < 1.29 is 19.1 Å². The zero-order valence-corrected chi connectivity index (χ0v) is 17.6. The van der Waals surface area contributed by atoms with Gasteiger partial charge in [0.05, 0.1) is 10.7 Å². The first-order chi connectivity index (χ1) is 14.5. The molecule has 0 fully saturated rings. The third kappa shape index (κ3) is 6.86. The van der Waals surface area contributed by atoms with Crippen molar-refractivity contribution in [3.63, 3.8) is 0 Å². The number of carbonyl (C=O) groups is 2. The maximum absolute atomic E-state index is 11.8. The van der Waals surface area contributed by atoms with Crippen LogP contribution in [0.15, 0.2) is 60.0 Å². The van der Waals surface area contributed by atoms with Crippen LogP contribution in [0.3, 0.4) is 0 Å². The molecule has 1 heterocycles. The van der Waals surface area contributed by atoms with Crippen LogP contribution in [-0.4, -0.2) is 23.5 Å². The molecule has 6 nitrogen and oxygen atoms in total. The Labute approximate surface area is 179 Å². The highest BCUT2D eigenvalue weighted by Gasteiger charge is 2.06. The summed E-state index contributed by atoms with van der Waals surface area (Å²) >= 11 is 1.59. The van der Waals surface area contributed by atoms with E-state index in [9.17, 15) is 9.59 Å². The lowest BCUT2D eigenvalue weighted by Gasteiger charge is -2.06. The van der Waals surface area contributed by atoms with Gasteiger partial charge in [-0.1, -0.05) is 29.8 Å². The van der Waals surface area contributed by atoms with E-state index in [1.807, 2.05) is 55.6 Å². The SMILES string of the molecule is Cc1ccc(NC(=O)COC(=O)/C=C/c2ccc(OCc3csc(C)n3)cc2)cc1. The number of aryl methyl sites for hydroxylation is 2. The number of ether oxygens (including phenoxy) is 2. The summed E-state index contributed by atoms with van der Waals surface area (Å²) in [6.45, 7) is 3.98. The molecule has 0 aliphatic rings. The molecule has 1 amide bonds. The van der Waals surface area contributed by atoms with Crippen LogP contribution in [0.2, 0.25) is 0 Å². The predicted octanol–water partition coefficient (Wildman–Crippen LogP) is 4.53. The van der Waals surface area contributed by atoms with Crippen LogP contribution in [0.4, 0.5) is 5.69 Å². The molecule has 0 unspecified atom stereocenters. The van der Waals surface area contributed by atoms with E-state index in [0.29, 0.717) is 18.0 Å². The van der Waals surface area contributed by atoms with Gasteiger partial charge >= 0.3 is 5.97 Å².